The van der Waals surface area contributed by atoms with Crippen LogP contribution in [0.4, 0.5) is 5.69 Å². The van der Waals surface area contributed by atoms with E-state index in [-0.39, 0.29) is 5.56 Å². The van der Waals surface area contributed by atoms with Gasteiger partial charge in [-0.3, -0.25) is 4.79 Å². The first-order valence-corrected chi connectivity index (χ1v) is 11.0. The Morgan fingerprint density at radius 3 is 2.57 bits per heavy atom. The summed E-state index contributed by atoms with van der Waals surface area (Å²) in [5.41, 5.74) is 2.85. The molecule has 5 nitrogen and oxygen atoms in total. The molecule has 0 unspecified atom stereocenters. The molecule has 0 atom stereocenters. The molecule has 5 heteroatoms. The van der Waals surface area contributed by atoms with Gasteiger partial charge < -0.3 is 19.4 Å². The van der Waals surface area contributed by atoms with Crippen molar-refractivity contribution >= 4 is 16.6 Å². The first-order chi connectivity index (χ1) is 14.5. The number of unbranched alkanes of at least 4 members (excludes halogenated alkanes) is 2. The molecule has 30 heavy (non-hydrogen) atoms. The monoisotopic (exact) mass is 412 g/mol. The van der Waals surface area contributed by atoms with E-state index in [4.69, 9.17) is 9.47 Å². The van der Waals surface area contributed by atoms with Gasteiger partial charge in [-0.15, -0.1) is 6.58 Å². The van der Waals surface area contributed by atoms with Gasteiger partial charge in [-0.05, 0) is 51.0 Å². The fraction of sp³-hybridized carbons (Fsp3) is 0.480. The molecule has 0 radical (unpaired) electrons. The number of aromatic nitrogens is 1. The number of benzene rings is 1. The second-order valence-electron chi connectivity index (χ2n) is 7.66. The third-order valence-corrected chi connectivity index (χ3v) is 4.83. The molecule has 0 amide bonds. The summed E-state index contributed by atoms with van der Waals surface area (Å²) in [7, 11) is 0. The summed E-state index contributed by atoms with van der Waals surface area (Å²) < 4.78 is 13.9. The van der Waals surface area contributed by atoms with Crippen LogP contribution in [0.25, 0.3) is 10.9 Å². The molecule has 0 aliphatic rings. The summed E-state index contributed by atoms with van der Waals surface area (Å²) in [4.78, 5) is 13.4. The average Bonchev–Trinajstić information content (AvgIpc) is 2.73. The minimum atomic E-state index is -0.125. The lowest BCUT2D eigenvalue weighted by Gasteiger charge is -2.19. The predicted molar refractivity (Wildman–Crippen MR) is 127 cm³/mol. The van der Waals surface area contributed by atoms with Crippen molar-refractivity contribution in [2.45, 2.75) is 59.9 Å². The fourth-order valence-electron chi connectivity index (χ4n) is 3.12. The van der Waals surface area contributed by atoms with E-state index in [1.807, 2.05) is 48.8 Å². The van der Waals surface area contributed by atoms with Crippen LogP contribution < -0.4 is 20.3 Å². The predicted octanol–water partition coefficient (Wildman–Crippen LogP) is 5.92. The van der Waals surface area contributed by atoms with Crippen LogP contribution in [0.5, 0.6) is 11.5 Å². The van der Waals surface area contributed by atoms with Gasteiger partial charge in [-0.2, -0.15) is 0 Å². The summed E-state index contributed by atoms with van der Waals surface area (Å²) in [5, 5.41) is 4.20. The molecule has 2 rings (SSSR count). The molecular formula is C25H36N2O3. The lowest BCUT2D eigenvalue weighted by molar-refractivity contribution is 0.274. The van der Waals surface area contributed by atoms with Gasteiger partial charge in [0.25, 0.3) is 5.56 Å². The molecule has 0 aliphatic heterocycles. The number of nitrogens with zero attached hydrogens (tertiary/aromatic N) is 1. The molecule has 164 valence electrons. The molecule has 1 heterocycles. The van der Waals surface area contributed by atoms with Crippen LogP contribution in [0.3, 0.4) is 0 Å². The van der Waals surface area contributed by atoms with Gasteiger partial charge in [0.2, 0.25) is 5.75 Å². The number of hydrogen-bond acceptors (Lipinski definition) is 4. The first-order valence-electron chi connectivity index (χ1n) is 11.0. The summed E-state index contributed by atoms with van der Waals surface area (Å²) in [6, 6.07) is 6.02. The Morgan fingerprint density at radius 1 is 1.13 bits per heavy atom. The minimum absolute atomic E-state index is 0.125. The van der Waals surface area contributed by atoms with Crippen LogP contribution >= 0.6 is 0 Å². The van der Waals surface area contributed by atoms with Gasteiger partial charge in [0, 0.05) is 24.2 Å². The number of aryl methyl sites for hydroxylation is 1. The Kier molecular flexibility index (Phi) is 9.52. The molecule has 0 bridgehead atoms. The van der Waals surface area contributed by atoms with Crippen molar-refractivity contribution in [2.75, 3.05) is 25.1 Å². The highest BCUT2D eigenvalue weighted by Crippen LogP contribution is 2.34. The average molecular weight is 413 g/mol. The quantitative estimate of drug-likeness (QED) is 0.327. The molecule has 0 spiro atoms. The highest BCUT2D eigenvalue weighted by atomic mass is 16.5. The Balaban J connectivity index is 2.65. The van der Waals surface area contributed by atoms with E-state index in [1.54, 1.807) is 0 Å². The van der Waals surface area contributed by atoms with Crippen molar-refractivity contribution in [3.05, 3.63) is 52.9 Å². The van der Waals surface area contributed by atoms with Crippen LogP contribution in [-0.4, -0.2) is 24.3 Å². The van der Waals surface area contributed by atoms with E-state index in [2.05, 4.69) is 25.7 Å². The van der Waals surface area contributed by atoms with E-state index in [0.717, 1.165) is 42.3 Å². The van der Waals surface area contributed by atoms with Crippen molar-refractivity contribution in [2.24, 2.45) is 0 Å². The van der Waals surface area contributed by atoms with Crippen LogP contribution in [-0.2, 0) is 6.54 Å². The number of nitrogens with one attached hydrogen (secondary N) is 1. The van der Waals surface area contributed by atoms with Crippen LogP contribution in [0.2, 0.25) is 0 Å². The highest BCUT2D eigenvalue weighted by Gasteiger charge is 2.20. The summed E-state index contributed by atoms with van der Waals surface area (Å²) >= 11 is 0. The standard InChI is InChI=1S/C25H36N2O3/c1-6-9-15-27-22-18-20(26-14-8-3)11-12-21(22)23(30-17-13-19(4)5)24(25(27)28)29-16-10-7-2/h8,11-13,18,26H,3,6-7,9-10,14-17H2,1-2,4-5H3. The van der Waals surface area contributed by atoms with Crippen LogP contribution in [0.1, 0.15) is 53.4 Å². The number of ether oxygens (including phenoxy) is 2. The molecule has 1 N–H and O–H groups in total. The zero-order chi connectivity index (χ0) is 21.9. The third kappa shape index (κ3) is 6.15. The Hall–Kier alpha value is -2.69. The van der Waals surface area contributed by atoms with Crippen LogP contribution in [0.15, 0.2) is 47.3 Å². The molecule has 0 saturated heterocycles. The summed E-state index contributed by atoms with van der Waals surface area (Å²) in [5.74, 6) is 0.854. The van der Waals surface area contributed by atoms with Crippen molar-refractivity contribution in [1.29, 1.82) is 0 Å². The zero-order valence-corrected chi connectivity index (χ0v) is 18.9. The maximum Gasteiger partial charge on any atom is 0.297 e. The molecular weight excluding hydrogens is 376 g/mol. The Labute approximate surface area is 180 Å². The number of hydrogen-bond donors (Lipinski definition) is 1. The Morgan fingerprint density at radius 2 is 1.90 bits per heavy atom. The first kappa shape index (κ1) is 23.6. The van der Waals surface area contributed by atoms with E-state index in [0.29, 0.717) is 37.8 Å². The van der Waals surface area contributed by atoms with Gasteiger partial charge in [0.15, 0.2) is 5.75 Å². The summed E-state index contributed by atoms with van der Waals surface area (Å²) in [6.07, 6.45) is 7.64. The number of anilines is 1. The van der Waals surface area contributed by atoms with Crippen molar-refractivity contribution < 1.29 is 9.47 Å². The number of rotatable bonds is 13. The molecule has 0 aliphatic carbocycles. The van der Waals surface area contributed by atoms with E-state index < -0.39 is 0 Å². The van der Waals surface area contributed by atoms with Gasteiger partial charge in [0.1, 0.15) is 6.61 Å². The lowest BCUT2D eigenvalue weighted by Crippen LogP contribution is -2.24. The highest BCUT2D eigenvalue weighted by molar-refractivity contribution is 5.90. The number of fused-ring (bicyclic) bond motifs is 1. The van der Waals surface area contributed by atoms with E-state index in [1.165, 1.54) is 5.57 Å². The van der Waals surface area contributed by atoms with Gasteiger partial charge in [-0.25, -0.2) is 0 Å². The van der Waals surface area contributed by atoms with Gasteiger partial charge >= 0.3 is 0 Å². The smallest absolute Gasteiger partial charge is 0.297 e. The second kappa shape index (κ2) is 12.1. The van der Waals surface area contributed by atoms with Crippen molar-refractivity contribution in [3.8, 4) is 11.5 Å². The molecule has 1 aromatic heterocycles. The zero-order valence-electron chi connectivity index (χ0n) is 18.9. The van der Waals surface area contributed by atoms with Gasteiger partial charge in [0.05, 0.1) is 12.1 Å². The third-order valence-electron chi connectivity index (χ3n) is 4.83. The second-order valence-corrected chi connectivity index (χ2v) is 7.66. The topological polar surface area (TPSA) is 52.5 Å². The maximum absolute atomic E-state index is 13.4. The number of pyridine rings is 1. The SMILES string of the molecule is C=CCNc1ccc2c(OCC=C(C)C)c(OCCCC)c(=O)n(CCCC)c2c1. The lowest BCUT2D eigenvalue weighted by atomic mass is 10.1. The van der Waals surface area contributed by atoms with E-state index >= 15 is 0 Å². The molecule has 1 aromatic carbocycles. The largest absolute Gasteiger partial charge is 0.485 e. The Bertz CT molecular complexity index is 924. The maximum atomic E-state index is 13.4. The molecule has 0 saturated carbocycles. The molecule has 0 fully saturated rings. The minimum Gasteiger partial charge on any atom is -0.485 e. The summed E-state index contributed by atoms with van der Waals surface area (Å²) in [6.45, 7) is 14.3. The number of allylic oxidation sites excluding steroid dienone is 1. The fourth-order valence-corrected chi connectivity index (χ4v) is 3.12. The van der Waals surface area contributed by atoms with E-state index in [9.17, 15) is 4.79 Å². The van der Waals surface area contributed by atoms with Crippen LogP contribution in [0, 0.1) is 0 Å². The van der Waals surface area contributed by atoms with Crippen molar-refractivity contribution in [1.82, 2.24) is 4.57 Å². The normalized spacial score (nSPS) is 10.7. The van der Waals surface area contributed by atoms with Gasteiger partial charge in [-0.1, -0.05) is 38.3 Å². The molecule has 2 aromatic rings. The van der Waals surface area contributed by atoms with Crippen molar-refractivity contribution in [3.63, 3.8) is 0 Å².